The van der Waals surface area contributed by atoms with E-state index in [9.17, 15) is 21.6 Å². The highest BCUT2D eigenvalue weighted by molar-refractivity contribution is 7.99. The first-order valence-electron chi connectivity index (χ1n) is 17.0. The van der Waals surface area contributed by atoms with Crippen molar-refractivity contribution in [3.63, 3.8) is 0 Å². The van der Waals surface area contributed by atoms with Crippen molar-refractivity contribution in [2.75, 3.05) is 44.2 Å². The maximum atomic E-state index is 13.7. The van der Waals surface area contributed by atoms with Crippen molar-refractivity contribution in [3.8, 4) is 22.5 Å². The van der Waals surface area contributed by atoms with Crippen LogP contribution in [0.25, 0.3) is 33.4 Å². The largest absolute Gasteiger partial charge is 0.456 e. The molecule has 4 rings (SSSR count). The summed E-state index contributed by atoms with van der Waals surface area (Å²) < 4.78 is 74.2. The molecule has 0 spiro atoms. The van der Waals surface area contributed by atoms with Crippen LogP contribution in [0.1, 0.15) is 61.3 Å². The molecule has 0 unspecified atom stereocenters. The van der Waals surface area contributed by atoms with Gasteiger partial charge in [0, 0.05) is 66.1 Å². The van der Waals surface area contributed by atoms with E-state index in [4.69, 9.17) is 12.8 Å². The molecule has 1 heterocycles. The van der Waals surface area contributed by atoms with E-state index in [1.807, 2.05) is 36.4 Å². The molecule has 0 radical (unpaired) electrons. The SMILES string of the molecule is CCN(CC)c1ccc2c(-c3ccccc3S(=O)(=O)OS(=O)(=O)NCCCCNC(=O)OC(C)(C)C)c3ccc(=[N+](CC)CC)cc-3oc2c1. The fraction of sp³-hybridized carbons (Fsp3) is 0.444. The van der Waals surface area contributed by atoms with E-state index in [-0.39, 0.29) is 23.5 Å². The van der Waals surface area contributed by atoms with Crippen LogP contribution in [0.3, 0.4) is 0 Å². The number of benzene rings is 3. The number of rotatable bonds is 15. The topological polar surface area (TPSA) is 147 Å². The molecule has 14 heteroatoms. The summed E-state index contributed by atoms with van der Waals surface area (Å²) in [4.78, 5) is 13.7. The minimum Gasteiger partial charge on any atom is -0.456 e. The number of carbonyl (C=O) groups is 1. The molecule has 1 amide bonds. The van der Waals surface area contributed by atoms with E-state index >= 15 is 0 Å². The third-order valence-corrected chi connectivity index (χ3v) is 11.0. The number of amides is 1. The van der Waals surface area contributed by atoms with E-state index in [0.29, 0.717) is 40.7 Å². The van der Waals surface area contributed by atoms with E-state index < -0.39 is 32.1 Å². The van der Waals surface area contributed by atoms with Crippen molar-refractivity contribution in [3.05, 3.63) is 66.0 Å². The summed E-state index contributed by atoms with van der Waals surface area (Å²) in [5.41, 5.74) is 2.38. The van der Waals surface area contributed by atoms with Gasteiger partial charge in [-0.05, 0) is 85.6 Å². The first-order chi connectivity index (χ1) is 23.6. The van der Waals surface area contributed by atoms with Crippen LogP contribution < -0.4 is 24.9 Å². The molecule has 50 heavy (non-hydrogen) atoms. The highest BCUT2D eigenvalue weighted by Crippen LogP contribution is 2.43. The normalized spacial score (nSPS) is 12.3. The monoisotopic (exact) mass is 729 g/mol. The van der Waals surface area contributed by atoms with E-state index in [1.54, 1.807) is 32.9 Å². The lowest BCUT2D eigenvalue weighted by Crippen LogP contribution is -2.33. The molecule has 0 saturated carbocycles. The van der Waals surface area contributed by atoms with Crippen molar-refractivity contribution in [1.29, 1.82) is 0 Å². The lowest BCUT2D eigenvalue weighted by atomic mass is 9.93. The van der Waals surface area contributed by atoms with Crippen LogP contribution in [-0.2, 0) is 28.8 Å². The Hall–Kier alpha value is -3.98. The van der Waals surface area contributed by atoms with E-state index in [1.165, 1.54) is 12.1 Å². The number of carbonyl (C=O) groups excluding carboxylic acids is 1. The average Bonchev–Trinajstić information content (AvgIpc) is 3.05. The van der Waals surface area contributed by atoms with Gasteiger partial charge in [0.05, 0.1) is 6.07 Å². The molecule has 0 aromatic heterocycles. The molecular formula is C36H49N4O8S2+. The van der Waals surface area contributed by atoms with Gasteiger partial charge in [-0.15, -0.1) is 3.63 Å². The summed E-state index contributed by atoms with van der Waals surface area (Å²) in [6.45, 7) is 16.8. The molecule has 2 aromatic carbocycles. The van der Waals surface area contributed by atoms with Gasteiger partial charge < -0.3 is 19.4 Å². The summed E-state index contributed by atoms with van der Waals surface area (Å²) in [7, 11) is -9.56. The van der Waals surface area contributed by atoms with E-state index in [0.717, 1.165) is 37.2 Å². The molecule has 2 N–H and O–H groups in total. The maximum absolute atomic E-state index is 13.7. The van der Waals surface area contributed by atoms with Crippen LogP contribution in [0.5, 0.6) is 0 Å². The summed E-state index contributed by atoms with van der Waals surface area (Å²) in [5.74, 6) is 0.553. The number of ether oxygens (including phenoxy) is 1. The molecule has 2 aliphatic rings. The first kappa shape index (κ1) is 38.8. The minimum atomic E-state index is -4.84. The van der Waals surface area contributed by atoms with Gasteiger partial charge in [-0.25, -0.2) is 9.37 Å². The number of alkyl carbamates (subject to hydrolysis) is 1. The Labute approximate surface area is 295 Å². The zero-order valence-electron chi connectivity index (χ0n) is 29.9. The van der Waals surface area contributed by atoms with Crippen LogP contribution >= 0.6 is 0 Å². The standard InChI is InChI=1S/C36H48N4O8S2/c1-8-39(9-2)26-18-20-28-31(24-26)46-32-25-27(40(10-3)11-4)19-21-29(32)34(28)30-16-12-13-17-33(30)49(42,43)48-50(44,45)38-23-15-14-22-37-35(41)47-36(5,6)7/h12-13,16-21,24-25,38H,8-11,14-15,22-23H2,1-7H3/p+1. The van der Waals surface area contributed by atoms with Crippen molar-refractivity contribution < 1.29 is 34.4 Å². The summed E-state index contributed by atoms with van der Waals surface area (Å²) in [6, 6.07) is 17.8. The van der Waals surface area contributed by atoms with Gasteiger partial charge in [-0.2, -0.15) is 21.6 Å². The second kappa shape index (κ2) is 16.4. The van der Waals surface area contributed by atoms with Crippen molar-refractivity contribution in [2.24, 2.45) is 0 Å². The molecule has 0 bridgehead atoms. The first-order valence-corrected chi connectivity index (χ1v) is 19.8. The quantitative estimate of drug-likeness (QED) is 0.0893. The van der Waals surface area contributed by atoms with Crippen LogP contribution in [0.2, 0.25) is 0 Å². The third kappa shape index (κ3) is 9.62. The van der Waals surface area contributed by atoms with Crippen molar-refractivity contribution in [1.82, 2.24) is 14.6 Å². The summed E-state index contributed by atoms with van der Waals surface area (Å²) >= 11 is 0. The van der Waals surface area contributed by atoms with Gasteiger partial charge in [0.1, 0.15) is 34.9 Å². The Balaban J connectivity index is 1.70. The molecule has 0 fully saturated rings. The number of unbranched alkanes of at least 4 members (excludes halogenated alkanes) is 1. The average molecular weight is 730 g/mol. The van der Waals surface area contributed by atoms with Crippen LogP contribution in [0.15, 0.2) is 70.0 Å². The van der Waals surface area contributed by atoms with E-state index in [2.05, 4.69) is 47.2 Å². The molecule has 12 nitrogen and oxygen atoms in total. The second-order valence-corrected chi connectivity index (χ2v) is 15.8. The Morgan fingerprint density at radius 1 is 0.860 bits per heavy atom. The molecule has 1 aliphatic heterocycles. The lowest BCUT2D eigenvalue weighted by Gasteiger charge is -2.22. The predicted octanol–water partition coefficient (Wildman–Crippen LogP) is 5.71. The zero-order chi connectivity index (χ0) is 36.7. The van der Waals surface area contributed by atoms with Crippen LogP contribution in [0.4, 0.5) is 10.5 Å². The molecule has 0 saturated heterocycles. The maximum Gasteiger partial charge on any atom is 0.407 e. The number of fused-ring (bicyclic) bond motifs is 2. The Morgan fingerprint density at radius 3 is 2.20 bits per heavy atom. The number of hydrogen-bond acceptors (Lipinski definition) is 9. The number of nitrogens with one attached hydrogen (secondary N) is 2. The lowest BCUT2D eigenvalue weighted by molar-refractivity contribution is 0.0527. The molecule has 1 aliphatic carbocycles. The molecular weight excluding hydrogens is 681 g/mol. The number of hydrogen-bond donors (Lipinski definition) is 2. The summed E-state index contributed by atoms with van der Waals surface area (Å²) in [5, 5.41) is 4.21. The second-order valence-electron chi connectivity index (χ2n) is 12.7. The highest BCUT2D eigenvalue weighted by atomic mass is 32.3. The van der Waals surface area contributed by atoms with Crippen molar-refractivity contribution >= 4 is 43.2 Å². The molecule has 272 valence electrons. The Bertz CT molecular complexity index is 2060. The van der Waals surface area contributed by atoms with Crippen molar-refractivity contribution in [2.45, 2.75) is 71.8 Å². The van der Waals surface area contributed by atoms with Gasteiger partial charge in [0.15, 0.2) is 0 Å². The van der Waals surface area contributed by atoms with Gasteiger partial charge in [0.25, 0.3) is 0 Å². The van der Waals surface area contributed by atoms with Crippen LogP contribution in [-0.4, -0.2) is 67.8 Å². The number of anilines is 1. The molecule has 0 atom stereocenters. The minimum absolute atomic E-state index is 0.102. The fourth-order valence-corrected chi connectivity index (χ4v) is 8.26. The predicted molar refractivity (Wildman–Crippen MR) is 197 cm³/mol. The summed E-state index contributed by atoms with van der Waals surface area (Å²) in [6.07, 6.45) is 0.154. The fourth-order valence-electron chi connectivity index (χ4n) is 5.75. The molecule has 2 aromatic rings. The smallest absolute Gasteiger partial charge is 0.407 e. The Kier molecular flexibility index (Phi) is 12.7. The van der Waals surface area contributed by atoms with Gasteiger partial charge in [-0.3, -0.25) is 0 Å². The van der Waals surface area contributed by atoms with Gasteiger partial charge >= 0.3 is 26.5 Å². The highest BCUT2D eigenvalue weighted by Gasteiger charge is 2.30. The van der Waals surface area contributed by atoms with Crippen LogP contribution in [0, 0.1) is 0 Å². The Morgan fingerprint density at radius 2 is 1.54 bits per heavy atom. The number of nitrogens with zero attached hydrogens (tertiary/aromatic N) is 2. The zero-order valence-corrected chi connectivity index (χ0v) is 31.5. The van der Waals surface area contributed by atoms with Gasteiger partial charge in [-0.1, -0.05) is 18.2 Å². The van der Waals surface area contributed by atoms with Gasteiger partial charge in [0.2, 0.25) is 5.36 Å². The third-order valence-electron chi connectivity index (χ3n) is 8.10.